The number of carbonyl (C=O) groups is 1. The van der Waals surface area contributed by atoms with Gasteiger partial charge in [-0.25, -0.2) is 4.79 Å². The largest absolute Gasteiger partial charge is 0.478 e. The van der Waals surface area contributed by atoms with Crippen LogP contribution < -0.4 is 5.32 Å². The predicted octanol–water partition coefficient (Wildman–Crippen LogP) is 0.379. The van der Waals surface area contributed by atoms with Crippen molar-refractivity contribution in [3.8, 4) is 0 Å². The SMILES string of the molecule is C=C(CCC1CN1)C(=O)O. The van der Waals surface area contributed by atoms with E-state index in [9.17, 15) is 4.79 Å². The predicted molar refractivity (Wildman–Crippen MR) is 37.8 cm³/mol. The first-order valence-corrected chi connectivity index (χ1v) is 3.34. The molecule has 0 saturated carbocycles. The van der Waals surface area contributed by atoms with E-state index in [0.717, 1.165) is 13.0 Å². The monoisotopic (exact) mass is 141 g/mol. The van der Waals surface area contributed by atoms with Crippen LogP contribution in [-0.2, 0) is 4.79 Å². The van der Waals surface area contributed by atoms with Crippen LogP contribution in [0.4, 0.5) is 0 Å². The number of nitrogens with one attached hydrogen (secondary N) is 1. The number of carboxylic acid groups (broad SMARTS) is 1. The van der Waals surface area contributed by atoms with Crippen LogP contribution in [0.15, 0.2) is 12.2 Å². The van der Waals surface area contributed by atoms with Gasteiger partial charge in [-0.1, -0.05) is 6.58 Å². The summed E-state index contributed by atoms with van der Waals surface area (Å²) in [6.07, 6.45) is 1.51. The van der Waals surface area contributed by atoms with Crippen molar-refractivity contribution in [2.75, 3.05) is 6.54 Å². The molecule has 3 nitrogen and oxygen atoms in total. The summed E-state index contributed by atoms with van der Waals surface area (Å²) in [6, 6.07) is 0.552. The van der Waals surface area contributed by atoms with Gasteiger partial charge in [0.1, 0.15) is 0 Å². The zero-order valence-corrected chi connectivity index (χ0v) is 5.76. The van der Waals surface area contributed by atoms with Crippen LogP contribution in [0, 0.1) is 0 Å². The van der Waals surface area contributed by atoms with E-state index in [1.807, 2.05) is 0 Å². The summed E-state index contributed by atoms with van der Waals surface area (Å²) >= 11 is 0. The molecule has 0 aromatic rings. The normalized spacial score (nSPS) is 22.2. The van der Waals surface area contributed by atoms with Gasteiger partial charge in [-0.3, -0.25) is 0 Å². The van der Waals surface area contributed by atoms with Gasteiger partial charge < -0.3 is 10.4 Å². The Morgan fingerprint density at radius 3 is 2.80 bits per heavy atom. The molecule has 10 heavy (non-hydrogen) atoms. The maximum absolute atomic E-state index is 10.2. The molecule has 1 rings (SSSR count). The summed E-state index contributed by atoms with van der Waals surface area (Å²) in [5.41, 5.74) is 0.314. The van der Waals surface area contributed by atoms with Crippen LogP contribution >= 0.6 is 0 Å². The minimum Gasteiger partial charge on any atom is -0.478 e. The second kappa shape index (κ2) is 2.84. The standard InChI is InChI=1S/C7H11NO2/c1-5(7(9)10)2-3-6-4-8-6/h6,8H,1-4H2,(H,9,10). The summed E-state index contributed by atoms with van der Waals surface area (Å²) in [6.45, 7) is 4.46. The molecule has 1 saturated heterocycles. The molecule has 2 N–H and O–H groups in total. The van der Waals surface area contributed by atoms with Crippen molar-refractivity contribution in [1.82, 2.24) is 5.32 Å². The third-order valence-electron chi connectivity index (χ3n) is 1.59. The van der Waals surface area contributed by atoms with Gasteiger partial charge in [0.2, 0.25) is 0 Å². The van der Waals surface area contributed by atoms with Gasteiger partial charge in [0.05, 0.1) is 0 Å². The number of carboxylic acids is 1. The van der Waals surface area contributed by atoms with Gasteiger partial charge in [0, 0.05) is 18.2 Å². The van der Waals surface area contributed by atoms with Crippen molar-refractivity contribution in [2.45, 2.75) is 18.9 Å². The molecule has 0 amide bonds. The van der Waals surface area contributed by atoms with Crippen molar-refractivity contribution in [3.63, 3.8) is 0 Å². The Kier molecular flexibility index (Phi) is 2.06. The van der Waals surface area contributed by atoms with Crippen LogP contribution in [0.25, 0.3) is 0 Å². The lowest BCUT2D eigenvalue weighted by Crippen LogP contribution is -2.01. The van der Waals surface area contributed by atoms with Gasteiger partial charge in [-0.15, -0.1) is 0 Å². The average Bonchev–Trinajstić information content (AvgIpc) is 2.64. The van der Waals surface area contributed by atoms with E-state index in [0.29, 0.717) is 18.0 Å². The Morgan fingerprint density at radius 2 is 2.40 bits per heavy atom. The maximum atomic E-state index is 10.2. The smallest absolute Gasteiger partial charge is 0.330 e. The molecular formula is C7H11NO2. The molecule has 1 atom stereocenters. The molecule has 0 aliphatic carbocycles. The molecule has 1 fully saturated rings. The lowest BCUT2D eigenvalue weighted by Gasteiger charge is -1.95. The minimum atomic E-state index is -0.874. The molecule has 1 heterocycles. The lowest BCUT2D eigenvalue weighted by molar-refractivity contribution is -0.132. The van der Waals surface area contributed by atoms with E-state index in [-0.39, 0.29) is 0 Å². The molecule has 0 aromatic heterocycles. The van der Waals surface area contributed by atoms with E-state index in [4.69, 9.17) is 5.11 Å². The van der Waals surface area contributed by atoms with Crippen LogP contribution in [-0.4, -0.2) is 23.7 Å². The molecule has 3 heteroatoms. The first-order valence-electron chi connectivity index (χ1n) is 3.34. The lowest BCUT2D eigenvalue weighted by atomic mass is 10.1. The molecular weight excluding hydrogens is 130 g/mol. The zero-order valence-electron chi connectivity index (χ0n) is 5.76. The van der Waals surface area contributed by atoms with Crippen LogP contribution in [0.3, 0.4) is 0 Å². The summed E-state index contributed by atoms with van der Waals surface area (Å²) in [4.78, 5) is 10.2. The number of aliphatic carboxylic acids is 1. The topological polar surface area (TPSA) is 59.2 Å². The van der Waals surface area contributed by atoms with Crippen molar-refractivity contribution in [1.29, 1.82) is 0 Å². The molecule has 0 radical (unpaired) electrons. The summed E-state index contributed by atoms with van der Waals surface area (Å²) in [5.74, 6) is -0.874. The van der Waals surface area contributed by atoms with Gasteiger partial charge in [0.25, 0.3) is 0 Å². The first kappa shape index (κ1) is 7.28. The molecule has 56 valence electrons. The quantitative estimate of drug-likeness (QED) is 0.439. The fourth-order valence-electron chi connectivity index (χ4n) is 0.743. The van der Waals surface area contributed by atoms with Crippen LogP contribution in [0.5, 0.6) is 0 Å². The highest BCUT2D eigenvalue weighted by molar-refractivity contribution is 5.85. The summed E-state index contributed by atoms with van der Waals surface area (Å²) < 4.78 is 0. The Balaban J connectivity index is 2.11. The van der Waals surface area contributed by atoms with E-state index < -0.39 is 5.97 Å². The third-order valence-corrected chi connectivity index (χ3v) is 1.59. The van der Waals surface area contributed by atoms with Crippen molar-refractivity contribution in [2.24, 2.45) is 0 Å². The van der Waals surface area contributed by atoms with Gasteiger partial charge in [0.15, 0.2) is 0 Å². The highest BCUT2D eigenvalue weighted by atomic mass is 16.4. The van der Waals surface area contributed by atoms with Crippen molar-refractivity contribution < 1.29 is 9.90 Å². The van der Waals surface area contributed by atoms with Crippen molar-refractivity contribution in [3.05, 3.63) is 12.2 Å². The minimum absolute atomic E-state index is 0.314. The first-order chi connectivity index (χ1) is 4.70. The van der Waals surface area contributed by atoms with Crippen LogP contribution in [0.1, 0.15) is 12.8 Å². The Bertz CT molecular complexity index is 161. The van der Waals surface area contributed by atoms with E-state index in [1.54, 1.807) is 0 Å². The molecule has 0 aromatic carbocycles. The zero-order chi connectivity index (χ0) is 7.56. The van der Waals surface area contributed by atoms with Crippen molar-refractivity contribution >= 4 is 5.97 Å². The molecule has 0 spiro atoms. The van der Waals surface area contributed by atoms with Gasteiger partial charge in [-0.2, -0.15) is 0 Å². The summed E-state index contributed by atoms with van der Waals surface area (Å²) in [7, 11) is 0. The van der Waals surface area contributed by atoms with Crippen LogP contribution in [0.2, 0.25) is 0 Å². The number of hydrogen-bond acceptors (Lipinski definition) is 2. The Labute approximate surface area is 59.7 Å². The Morgan fingerprint density at radius 1 is 1.80 bits per heavy atom. The third kappa shape index (κ3) is 2.19. The highest BCUT2D eigenvalue weighted by Gasteiger charge is 2.20. The molecule has 1 unspecified atom stereocenters. The fourth-order valence-corrected chi connectivity index (χ4v) is 0.743. The number of rotatable bonds is 4. The van der Waals surface area contributed by atoms with Gasteiger partial charge >= 0.3 is 5.97 Å². The van der Waals surface area contributed by atoms with E-state index in [1.165, 1.54) is 0 Å². The molecule has 1 aliphatic heterocycles. The van der Waals surface area contributed by atoms with Gasteiger partial charge in [-0.05, 0) is 12.8 Å². The second-order valence-electron chi connectivity index (χ2n) is 2.55. The second-order valence-corrected chi connectivity index (χ2v) is 2.55. The Hall–Kier alpha value is -0.830. The molecule has 1 aliphatic rings. The maximum Gasteiger partial charge on any atom is 0.330 e. The number of hydrogen-bond donors (Lipinski definition) is 2. The fraction of sp³-hybridized carbons (Fsp3) is 0.571. The van der Waals surface area contributed by atoms with E-state index >= 15 is 0 Å². The summed E-state index contributed by atoms with van der Waals surface area (Å²) in [5, 5.41) is 11.5. The average molecular weight is 141 g/mol. The highest BCUT2D eigenvalue weighted by Crippen LogP contribution is 2.10. The molecule has 0 bridgehead atoms. The van der Waals surface area contributed by atoms with E-state index in [2.05, 4.69) is 11.9 Å².